The Kier molecular flexibility index (Phi) is 5.10. The van der Waals surface area contributed by atoms with Crippen molar-refractivity contribution in [2.24, 2.45) is 34.5 Å². The van der Waals surface area contributed by atoms with Crippen molar-refractivity contribution in [1.82, 2.24) is 4.98 Å². The number of ether oxygens (including phenoxy) is 1. The van der Waals surface area contributed by atoms with Crippen LogP contribution in [0.3, 0.4) is 0 Å². The third-order valence-electron chi connectivity index (χ3n) is 10.3. The second kappa shape index (κ2) is 7.43. The Labute approximate surface area is 196 Å². The van der Waals surface area contributed by atoms with E-state index in [4.69, 9.17) is 9.15 Å². The molecule has 0 aromatic carbocycles. The Morgan fingerprint density at radius 3 is 2.64 bits per heavy atom. The Bertz CT molecular complexity index is 1110. The van der Waals surface area contributed by atoms with E-state index in [1.807, 2.05) is 6.07 Å². The molecule has 0 radical (unpaired) electrons. The summed E-state index contributed by atoms with van der Waals surface area (Å²) in [5.41, 5.74) is -0.00166. The number of fused-ring (bicyclic) bond motifs is 4. The molecule has 3 aliphatic rings. The first-order valence-electron chi connectivity index (χ1n) is 12.5. The summed E-state index contributed by atoms with van der Waals surface area (Å²) in [7, 11) is 0. The Hall–Kier alpha value is -2.14. The highest BCUT2D eigenvalue weighted by Crippen LogP contribution is 2.69. The van der Waals surface area contributed by atoms with Crippen LogP contribution in [-0.2, 0) is 0 Å². The summed E-state index contributed by atoms with van der Waals surface area (Å²) in [5, 5.41) is 11.8. The molecule has 3 heterocycles. The van der Waals surface area contributed by atoms with Crippen molar-refractivity contribution < 1.29 is 14.3 Å². The van der Waals surface area contributed by atoms with E-state index in [9.17, 15) is 9.90 Å². The lowest BCUT2D eigenvalue weighted by Gasteiger charge is -2.67. The van der Waals surface area contributed by atoms with E-state index in [0.717, 1.165) is 25.7 Å². The number of pyridine rings is 1. The molecule has 3 unspecified atom stereocenters. The first-order chi connectivity index (χ1) is 15.6. The number of rotatable bonds is 2. The summed E-state index contributed by atoms with van der Waals surface area (Å²) in [6.45, 7) is 13.9. The zero-order valence-corrected chi connectivity index (χ0v) is 20.7. The minimum atomic E-state index is -0.914. The molecular weight excluding hydrogens is 414 g/mol. The number of hydrogen-bond donors (Lipinski definition) is 1. The highest BCUT2D eigenvalue weighted by molar-refractivity contribution is 5.59. The van der Waals surface area contributed by atoms with Crippen molar-refractivity contribution in [2.45, 2.75) is 78.9 Å². The molecule has 2 fully saturated rings. The van der Waals surface area contributed by atoms with Gasteiger partial charge in [-0.15, -0.1) is 0 Å². The van der Waals surface area contributed by atoms with Crippen LogP contribution in [0.4, 0.5) is 0 Å². The third kappa shape index (κ3) is 3.00. The van der Waals surface area contributed by atoms with Gasteiger partial charge in [0.15, 0.2) is 0 Å². The molecule has 2 saturated carbocycles. The molecule has 1 N–H and O–H groups in total. The summed E-state index contributed by atoms with van der Waals surface area (Å²) in [6, 6.07) is 5.42. The van der Waals surface area contributed by atoms with Crippen molar-refractivity contribution in [2.75, 3.05) is 0 Å². The molecule has 178 valence electrons. The van der Waals surface area contributed by atoms with Crippen LogP contribution < -0.4 is 10.4 Å². The number of hydrogen-bond acceptors (Lipinski definition) is 5. The van der Waals surface area contributed by atoms with Gasteiger partial charge >= 0.3 is 5.63 Å². The maximum absolute atomic E-state index is 13.2. The van der Waals surface area contributed by atoms with Gasteiger partial charge in [0.25, 0.3) is 0 Å². The molecular formula is C28H37NO4. The highest BCUT2D eigenvalue weighted by Gasteiger charge is 2.67. The van der Waals surface area contributed by atoms with Gasteiger partial charge in [-0.25, -0.2) is 4.79 Å². The lowest BCUT2D eigenvalue weighted by Crippen LogP contribution is -2.67. The van der Waals surface area contributed by atoms with Gasteiger partial charge in [-0.1, -0.05) is 41.0 Å². The fourth-order valence-electron chi connectivity index (χ4n) is 7.91. The van der Waals surface area contributed by atoms with E-state index in [2.05, 4.69) is 46.5 Å². The van der Waals surface area contributed by atoms with Gasteiger partial charge in [-0.2, -0.15) is 0 Å². The van der Waals surface area contributed by atoms with Crippen molar-refractivity contribution in [1.29, 1.82) is 0 Å². The van der Waals surface area contributed by atoms with Crippen LogP contribution >= 0.6 is 0 Å². The van der Waals surface area contributed by atoms with Gasteiger partial charge in [0.05, 0.1) is 6.10 Å². The molecule has 0 saturated heterocycles. The molecule has 2 aliphatic carbocycles. The molecule has 1 aliphatic heterocycles. The molecule has 8 atom stereocenters. The molecule has 0 spiro atoms. The van der Waals surface area contributed by atoms with Crippen LogP contribution in [0.1, 0.15) is 78.9 Å². The Morgan fingerprint density at radius 1 is 1.21 bits per heavy atom. The van der Waals surface area contributed by atoms with Crippen molar-refractivity contribution in [3.8, 4) is 17.1 Å². The van der Waals surface area contributed by atoms with Gasteiger partial charge in [0.1, 0.15) is 22.7 Å². The smallest absolute Gasteiger partial charge is 0.345 e. The van der Waals surface area contributed by atoms with E-state index in [0.29, 0.717) is 28.9 Å². The summed E-state index contributed by atoms with van der Waals surface area (Å²) in [5.74, 6) is 2.04. The average molecular weight is 452 g/mol. The lowest BCUT2D eigenvalue weighted by atomic mass is 9.40. The second-order valence-electron chi connectivity index (χ2n) is 11.6. The lowest BCUT2D eigenvalue weighted by molar-refractivity contribution is -0.235. The van der Waals surface area contributed by atoms with Gasteiger partial charge in [0, 0.05) is 29.9 Å². The van der Waals surface area contributed by atoms with Crippen molar-refractivity contribution >= 4 is 0 Å². The van der Waals surface area contributed by atoms with Crippen molar-refractivity contribution in [3.63, 3.8) is 0 Å². The van der Waals surface area contributed by atoms with E-state index in [1.54, 1.807) is 24.5 Å². The minimum absolute atomic E-state index is 0.121. The monoisotopic (exact) mass is 451 g/mol. The standard InChI is InChI=1S/C28H37NO4/c1-7-26(4)16(2)10-11-27(5)21(26)13-17(3)28(6)24(27)23(30)22-20(33-28)14-19(32-25(22)31)18-9-8-12-29-15-18/h8-9,12,14-17,21,23-24,30H,7,10-11,13H2,1-6H3/t16-,17-,21?,23-,24?,26?,27-,28+/m0/s1. The maximum atomic E-state index is 13.2. The van der Waals surface area contributed by atoms with Gasteiger partial charge in [-0.3, -0.25) is 4.98 Å². The Morgan fingerprint density at radius 2 is 1.97 bits per heavy atom. The summed E-state index contributed by atoms with van der Waals surface area (Å²) < 4.78 is 12.4. The fourth-order valence-corrected chi connectivity index (χ4v) is 7.91. The fraction of sp³-hybridized carbons (Fsp3) is 0.643. The second-order valence-corrected chi connectivity index (χ2v) is 11.6. The normalized spacial score (nSPS) is 42.0. The highest BCUT2D eigenvalue weighted by atomic mass is 16.5. The third-order valence-corrected chi connectivity index (χ3v) is 10.3. The predicted molar refractivity (Wildman–Crippen MR) is 128 cm³/mol. The van der Waals surface area contributed by atoms with E-state index < -0.39 is 17.3 Å². The van der Waals surface area contributed by atoms with E-state index in [1.165, 1.54) is 0 Å². The van der Waals surface area contributed by atoms with Gasteiger partial charge in [0.2, 0.25) is 0 Å². The number of aliphatic hydroxyl groups is 1. The van der Waals surface area contributed by atoms with Crippen LogP contribution in [0, 0.1) is 34.5 Å². The number of nitrogens with zero attached hydrogens (tertiary/aromatic N) is 1. The first kappa shape index (κ1) is 22.6. The zero-order valence-electron chi connectivity index (χ0n) is 20.7. The molecule has 0 amide bonds. The average Bonchev–Trinajstić information content (AvgIpc) is 2.78. The largest absolute Gasteiger partial charge is 0.486 e. The van der Waals surface area contributed by atoms with Crippen molar-refractivity contribution in [3.05, 3.63) is 46.6 Å². The number of aromatic nitrogens is 1. The SMILES string of the molecule is CCC1(C)C2C[C@H](C)[C@@]3(C)Oc4cc(-c5cccnc5)oc(=O)c4[C@H](O)C3[C@@]2(C)CC[C@@H]1C. The number of aliphatic hydroxyl groups excluding tert-OH is 1. The van der Waals surface area contributed by atoms with Crippen LogP contribution in [0.5, 0.6) is 5.75 Å². The Balaban J connectivity index is 1.65. The predicted octanol–water partition coefficient (Wildman–Crippen LogP) is 6.01. The molecule has 5 heteroatoms. The molecule has 5 nitrogen and oxygen atoms in total. The van der Waals surface area contributed by atoms with Crippen LogP contribution in [0.15, 0.2) is 39.8 Å². The molecule has 2 aromatic rings. The molecule has 33 heavy (non-hydrogen) atoms. The first-order valence-corrected chi connectivity index (χ1v) is 12.5. The van der Waals surface area contributed by atoms with Crippen LogP contribution in [-0.4, -0.2) is 15.7 Å². The van der Waals surface area contributed by atoms with E-state index in [-0.39, 0.29) is 28.2 Å². The molecule has 2 aromatic heterocycles. The van der Waals surface area contributed by atoms with Gasteiger partial charge < -0.3 is 14.3 Å². The summed E-state index contributed by atoms with van der Waals surface area (Å²) in [6.07, 6.45) is 6.79. The molecule has 0 bridgehead atoms. The zero-order chi connectivity index (χ0) is 23.8. The van der Waals surface area contributed by atoms with Crippen LogP contribution in [0.25, 0.3) is 11.3 Å². The summed E-state index contributed by atoms with van der Waals surface area (Å²) >= 11 is 0. The topological polar surface area (TPSA) is 72.6 Å². The van der Waals surface area contributed by atoms with Gasteiger partial charge in [-0.05, 0) is 66.9 Å². The van der Waals surface area contributed by atoms with Crippen LogP contribution in [0.2, 0.25) is 0 Å². The maximum Gasteiger partial charge on any atom is 0.345 e. The summed E-state index contributed by atoms with van der Waals surface area (Å²) in [4.78, 5) is 17.3. The minimum Gasteiger partial charge on any atom is -0.486 e. The quantitative estimate of drug-likeness (QED) is 0.605. The molecule has 5 rings (SSSR count). The van der Waals surface area contributed by atoms with E-state index >= 15 is 0 Å².